The Kier molecular flexibility index (Phi) is 6.37. The molecule has 2 aromatic carbocycles. The van der Waals surface area contributed by atoms with E-state index in [9.17, 15) is 9.59 Å². The average molecular weight is 398 g/mol. The maximum absolute atomic E-state index is 12.9. The van der Waals surface area contributed by atoms with Crippen molar-refractivity contribution in [2.75, 3.05) is 11.9 Å². The van der Waals surface area contributed by atoms with E-state index in [0.29, 0.717) is 23.9 Å². The van der Waals surface area contributed by atoms with Crippen LogP contribution in [0.15, 0.2) is 71.8 Å². The minimum Gasteiger partial charge on any atom is -0.311 e. The van der Waals surface area contributed by atoms with E-state index in [-0.39, 0.29) is 11.3 Å². The second kappa shape index (κ2) is 8.97. The summed E-state index contributed by atoms with van der Waals surface area (Å²) >= 11 is 0. The standard InChI is InChI=1S/C27H27NO2/c1-27(2,3)23-14-10-20(11-15-23)18-21-12-16-24(17-13-21)28(4)26(30)25-9-7-5-6-8-22(25)19-29/h8-17,19H,6,18H2,1-4H3. The Bertz CT molecular complexity index is 1050. The van der Waals surface area contributed by atoms with Crippen LogP contribution in [0.3, 0.4) is 0 Å². The Morgan fingerprint density at radius 1 is 1.03 bits per heavy atom. The molecular formula is C27H27NO2. The van der Waals surface area contributed by atoms with E-state index >= 15 is 0 Å². The average Bonchev–Trinajstić information content (AvgIpc) is 2.98. The molecule has 3 heteroatoms. The van der Waals surface area contributed by atoms with E-state index in [0.717, 1.165) is 12.1 Å². The first-order valence-corrected chi connectivity index (χ1v) is 10.1. The van der Waals surface area contributed by atoms with Crippen molar-refractivity contribution in [1.82, 2.24) is 0 Å². The van der Waals surface area contributed by atoms with E-state index in [1.54, 1.807) is 18.0 Å². The third-order valence-electron chi connectivity index (χ3n) is 5.27. The molecule has 1 aliphatic carbocycles. The highest BCUT2D eigenvalue weighted by Gasteiger charge is 2.20. The highest BCUT2D eigenvalue weighted by Crippen LogP contribution is 2.24. The second-order valence-electron chi connectivity index (χ2n) is 8.51. The second-order valence-corrected chi connectivity index (χ2v) is 8.51. The predicted octanol–water partition coefficient (Wildman–Crippen LogP) is 5.00. The van der Waals surface area contributed by atoms with Crippen molar-refractivity contribution in [2.45, 2.75) is 39.0 Å². The smallest absolute Gasteiger partial charge is 0.259 e. The maximum atomic E-state index is 12.9. The van der Waals surface area contributed by atoms with Crippen LogP contribution in [0.1, 0.15) is 43.9 Å². The number of rotatable bonds is 5. The topological polar surface area (TPSA) is 37.4 Å². The van der Waals surface area contributed by atoms with Gasteiger partial charge in [0.1, 0.15) is 0 Å². The molecule has 3 rings (SSSR count). The van der Waals surface area contributed by atoms with Crippen LogP contribution >= 0.6 is 0 Å². The first kappa shape index (κ1) is 21.3. The van der Waals surface area contributed by atoms with Gasteiger partial charge in [-0.2, -0.15) is 0 Å². The number of benzene rings is 2. The minimum atomic E-state index is -0.241. The molecule has 2 aromatic rings. The lowest BCUT2D eigenvalue weighted by molar-refractivity contribution is -0.115. The van der Waals surface area contributed by atoms with Crippen LogP contribution in [0.5, 0.6) is 0 Å². The Morgan fingerprint density at radius 3 is 2.20 bits per heavy atom. The van der Waals surface area contributed by atoms with Crippen LogP contribution in [0.25, 0.3) is 0 Å². The number of hydrogen-bond donors (Lipinski definition) is 0. The van der Waals surface area contributed by atoms with Gasteiger partial charge in [-0.15, -0.1) is 0 Å². The third kappa shape index (κ3) is 4.96. The molecule has 30 heavy (non-hydrogen) atoms. The summed E-state index contributed by atoms with van der Waals surface area (Å²) in [5, 5.41) is 0. The molecular weight excluding hydrogens is 370 g/mol. The zero-order chi connectivity index (χ0) is 21.7. The number of anilines is 1. The Morgan fingerprint density at radius 2 is 1.63 bits per heavy atom. The summed E-state index contributed by atoms with van der Waals surface area (Å²) in [6.45, 7) is 6.64. The lowest BCUT2D eigenvalue weighted by Crippen LogP contribution is -2.28. The molecule has 0 N–H and O–H groups in total. The van der Waals surface area contributed by atoms with Crippen molar-refractivity contribution in [1.29, 1.82) is 0 Å². The first-order valence-electron chi connectivity index (χ1n) is 10.1. The van der Waals surface area contributed by atoms with E-state index in [1.165, 1.54) is 22.8 Å². The van der Waals surface area contributed by atoms with Crippen LogP contribution in [0, 0.1) is 11.8 Å². The van der Waals surface area contributed by atoms with Crippen molar-refractivity contribution in [3.05, 3.63) is 88.5 Å². The molecule has 0 atom stereocenters. The molecule has 0 saturated heterocycles. The fourth-order valence-electron chi connectivity index (χ4n) is 3.33. The van der Waals surface area contributed by atoms with Crippen LogP contribution in [0.2, 0.25) is 0 Å². The van der Waals surface area contributed by atoms with Gasteiger partial charge in [-0.3, -0.25) is 9.59 Å². The summed E-state index contributed by atoms with van der Waals surface area (Å²) in [5.41, 5.74) is 5.38. The number of likely N-dealkylation sites (N-methyl/N-ethyl adjacent to an activating group) is 1. The summed E-state index contributed by atoms with van der Waals surface area (Å²) in [6, 6.07) is 16.7. The van der Waals surface area contributed by atoms with Crippen molar-refractivity contribution in [3.63, 3.8) is 0 Å². The Hall–Kier alpha value is -3.38. The molecule has 1 amide bonds. The summed E-state index contributed by atoms with van der Waals surface area (Å²) in [6.07, 6.45) is 5.23. The molecule has 3 nitrogen and oxygen atoms in total. The summed E-state index contributed by atoms with van der Waals surface area (Å²) in [7, 11) is 1.71. The summed E-state index contributed by atoms with van der Waals surface area (Å²) in [5.74, 6) is 5.47. The normalized spacial score (nSPS) is 13.3. The molecule has 1 aliphatic rings. The zero-order valence-corrected chi connectivity index (χ0v) is 18.0. The summed E-state index contributed by atoms with van der Waals surface area (Å²) in [4.78, 5) is 25.8. The van der Waals surface area contributed by atoms with Gasteiger partial charge in [0.05, 0.1) is 5.57 Å². The minimum absolute atomic E-state index is 0.147. The van der Waals surface area contributed by atoms with Gasteiger partial charge in [0.25, 0.3) is 5.91 Å². The molecule has 0 unspecified atom stereocenters. The molecule has 152 valence electrons. The SMILES string of the molecule is CN(C(=O)C1=CC#CCC=C1C=O)c1ccc(Cc2ccc(C(C)(C)C)cc2)cc1. The predicted molar refractivity (Wildman–Crippen MR) is 122 cm³/mol. The van der Waals surface area contributed by atoms with Crippen molar-refractivity contribution in [3.8, 4) is 11.8 Å². The zero-order valence-electron chi connectivity index (χ0n) is 18.0. The lowest BCUT2D eigenvalue weighted by Gasteiger charge is -2.20. The van der Waals surface area contributed by atoms with Crippen molar-refractivity contribution >= 4 is 17.9 Å². The van der Waals surface area contributed by atoms with Gasteiger partial charge in [-0.1, -0.05) is 75.1 Å². The van der Waals surface area contributed by atoms with Gasteiger partial charge in [0, 0.05) is 30.8 Å². The summed E-state index contributed by atoms with van der Waals surface area (Å²) < 4.78 is 0. The molecule has 0 aliphatic heterocycles. The quantitative estimate of drug-likeness (QED) is 0.526. The van der Waals surface area contributed by atoms with E-state index in [1.807, 2.05) is 24.3 Å². The van der Waals surface area contributed by atoms with Crippen molar-refractivity contribution < 1.29 is 9.59 Å². The van der Waals surface area contributed by atoms with E-state index < -0.39 is 0 Å². The van der Waals surface area contributed by atoms with Gasteiger partial charge in [-0.25, -0.2) is 0 Å². The highest BCUT2D eigenvalue weighted by atomic mass is 16.2. The maximum Gasteiger partial charge on any atom is 0.259 e. The molecule has 0 fully saturated rings. The molecule has 0 heterocycles. The van der Waals surface area contributed by atoms with Crippen LogP contribution in [-0.2, 0) is 21.4 Å². The van der Waals surface area contributed by atoms with Crippen LogP contribution in [0.4, 0.5) is 5.69 Å². The lowest BCUT2D eigenvalue weighted by atomic mass is 9.86. The van der Waals surface area contributed by atoms with E-state index in [2.05, 4.69) is 56.9 Å². The molecule has 0 spiro atoms. The van der Waals surface area contributed by atoms with Gasteiger partial charge in [-0.05, 0) is 40.7 Å². The van der Waals surface area contributed by atoms with Gasteiger partial charge in [0.2, 0.25) is 0 Å². The highest BCUT2D eigenvalue weighted by molar-refractivity contribution is 6.12. The fourth-order valence-corrected chi connectivity index (χ4v) is 3.33. The van der Waals surface area contributed by atoms with Gasteiger partial charge < -0.3 is 4.90 Å². The number of amides is 1. The number of allylic oxidation sites excluding steroid dienone is 2. The van der Waals surface area contributed by atoms with Gasteiger partial charge >= 0.3 is 0 Å². The first-order chi connectivity index (χ1) is 14.3. The number of carbonyl (C=O) groups excluding carboxylic acids is 2. The molecule has 0 radical (unpaired) electrons. The Labute approximate surface area is 179 Å². The Balaban J connectivity index is 1.72. The van der Waals surface area contributed by atoms with E-state index in [4.69, 9.17) is 0 Å². The largest absolute Gasteiger partial charge is 0.311 e. The molecule has 0 bridgehead atoms. The third-order valence-corrected chi connectivity index (χ3v) is 5.27. The molecule has 0 aromatic heterocycles. The fraction of sp³-hybridized carbons (Fsp3) is 0.259. The van der Waals surface area contributed by atoms with Crippen LogP contribution < -0.4 is 4.90 Å². The van der Waals surface area contributed by atoms with Crippen LogP contribution in [-0.4, -0.2) is 19.2 Å². The number of carbonyl (C=O) groups is 2. The number of nitrogens with zero attached hydrogens (tertiary/aromatic N) is 1. The number of aldehydes is 1. The number of hydrogen-bond acceptors (Lipinski definition) is 2. The van der Waals surface area contributed by atoms with Crippen molar-refractivity contribution in [2.24, 2.45) is 0 Å². The molecule has 0 saturated carbocycles. The monoisotopic (exact) mass is 397 g/mol. The van der Waals surface area contributed by atoms with Gasteiger partial charge in [0.15, 0.2) is 6.29 Å².